The number of primary amides is 1. The number of ether oxygens (including phenoxy) is 1. The summed E-state index contributed by atoms with van der Waals surface area (Å²) in [6.07, 6.45) is 8.19. The van der Waals surface area contributed by atoms with Crippen LogP contribution in [0.5, 0.6) is 5.75 Å². The normalized spacial score (nSPS) is 10.9. The fourth-order valence-electron chi connectivity index (χ4n) is 2.16. The summed E-state index contributed by atoms with van der Waals surface area (Å²) < 4.78 is 5.57. The van der Waals surface area contributed by atoms with Crippen LogP contribution < -0.4 is 15.8 Å². The van der Waals surface area contributed by atoms with Crippen molar-refractivity contribution in [1.82, 2.24) is 0 Å². The van der Waals surface area contributed by atoms with Gasteiger partial charge in [-0.3, -0.25) is 9.59 Å². The van der Waals surface area contributed by atoms with E-state index in [1.807, 2.05) is 0 Å². The number of carbonyl (C=O) groups is 2. The lowest BCUT2D eigenvalue weighted by Gasteiger charge is -2.08. The number of nitrogens with two attached hydrogens (primary N) is 1. The number of allylic oxidation sites excluding steroid dienone is 1. The zero-order chi connectivity index (χ0) is 20.1. The first-order chi connectivity index (χ1) is 13.0. The van der Waals surface area contributed by atoms with Gasteiger partial charge in [0.1, 0.15) is 17.6 Å². The SMILES string of the molecule is C#CCC/C(O)=C(\C#N)C(=O)Nc1ccc(OCCCCCC(N)=O)cc1. The molecule has 0 saturated heterocycles. The number of nitriles is 1. The van der Waals surface area contributed by atoms with E-state index >= 15 is 0 Å². The molecule has 0 unspecified atom stereocenters. The van der Waals surface area contributed by atoms with E-state index in [4.69, 9.17) is 22.2 Å². The highest BCUT2D eigenvalue weighted by Gasteiger charge is 2.15. The van der Waals surface area contributed by atoms with Crippen molar-refractivity contribution in [1.29, 1.82) is 5.26 Å². The van der Waals surface area contributed by atoms with Crippen molar-refractivity contribution < 1.29 is 19.4 Å². The van der Waals surface area contributed by atoms with E-state index in [1.54, 1.807) is 30.3 Å². The molecule has 0 aliphatic carbocycles. The molecule has 0 heterocycles. The number of amides is 2. The van der Waals surface area contributed by atoms with Gasteiger partial charge < -0.3 is 20.9 Å². The maximum atomic E-state index is 12.1. The van der Waals surface area contributed by atoms with Crippen LogP contribution in [-0.2, 0) is 9.59 Å². The molecule has 27 heavy (non-hydrogen) atoms. The van der Waals surface area contributed by atoms with Crippen molar-refractivity contribution in [3.8, 4) is 24.2 Å². The third-order valence-electron chi connectivity index (χ3n) is 3.58. The average Bonchev–Trinajstić information content (AvgIpc) is 2.64. The van der Waals surface area contributed by atoms with Crippen LogP contribution in [0.1, 0.15) is 38.5 Å². The molecule has 1 rings (SSSR count). The second-order valence-corrected chi connectivity index (χ2v) is 5.74. The maximum absolute atomic E-state index is 12.1. The number of anilines is 1. The molecule has 7 nitrogen and oxygen atoms in total. The molecule has 0 atom stereocenters. The van der Waals surface area contributed by atoms with Gasteiger partial charge in [-0.05, 0) is 43.5 Å². The molecule has 0 saturated carbocycles. The van der Waals surface area contributed by atoms with Crippen LogP contribution in [0.4, 0.5) is 5.69 Å². The lowest BCUT2D eigenvalue weighted by atomic mass is 10.1. The Balaban J connectivity index is 2.49. The minimum absolute atomic E-state index is 0.0685. The molecule has 0 bridgehead atoms. The van der Waals surface area contributed by atoms with E-state index in [0.29, 0.717) is 24.5 Å². The molecular formula is C20H23N3O4. The molecule has 1 aromatic rings. The number of hydrogen-bond donors (Lipinski definition) is 3. The Morgan fingerprint density at radius 3 is 2.48 bits per heavy atom. The minimum Gasteiger partial charge on any atom is -0.511 e. The van der Waals surface area contributed by atoms with Crippen LogP contribution in [0.25, 0.3) is 0 Å². The summed E-state index contributed by atoms with van der Waals surface area (Å²) in [6.45, 7) is 0.509. The third-order valence-corrected chi connectivity index (χ3v) is 3.58. The fourth-order valence-corrected chi connectivity index (χ4v) is 2.16. The van der Waals surface area contributed by atoms with Gasteiger partial charge in [-0.15, -0.1) is 12.3 Å². The average molecular weight is 369 g/mol. The highest BCUT2D eigenvalue weighted by Crippen LogP contribution is 2.18. The predicted octanol–water partition coefficient (Wildman–Crippen LogP) is 2.80. The van der Waals surface area contributed by atoms with Crippen LogP contribution in [0.2, 0.25) is 0 Å². The smallest absolute Gasteiger partial charge is 0.269 e. The monoisotopic (exact) mass is 369 g/mol. The predicted molar refractivity (Wildman–Crippen MR) is 102 cm³/mol. The molecule has 0 aliphatic rings. The third kappa shape index (κ3) is 8.46. The number of aliphatic hydroxyl groups excluding tert-OH is 1. The summed E-state index contributed by atoms with van der Waals surface area (Å²) in [5.74, 6) is 1.64. The van der Waals surface area contributed by atoms with Crippen LogP contribution in [0.15, 0.2) is 35.6 Å². The second-order valence-electron chi connectivity index (χ2n) is 5.74. The molecule has 0 aliphatic heterocycles. The van der Waals surface area contributed by atoms with Gasteiger partial charge in [-0.2, -0.15) is 5.26 Å². The molecule has 0 spiro atoms. The van der Waals surface area contributed by atoms with E-state index in [0.717, 1.165) is 19.3 Å². The molecule has 0 radical (unpaired) electrons. The first-order valence-corrected chi connectivity index (χ1v) is 8.56. The Bertz CT molecular complexity index is 755. The highest BCUT2D eigenvalue weighted by molar-refractivity contribution is 6.06. The zero-order valence-electron chi connectivity index (χ0n) is 15.0. The molecule has 2 amide bonds. The fraction of sp³-hybridized carbons (Fsp3) is 0.350. The first-order valence-electron chi connectivity index (χ1n) is 8.56. The number of nitrogens with zero attached hydrogens (tertiary/aromatic N) is 1. The minimum atomic E-state index is -0.699. The zero-order valence-corrected chi connectivity index (χ0v) is 15.0. The molecule has 142 valence electrons. The van der Waals surface area contributed by atoms with E-state index in [1.165, 1.54) is 0 Å². The van der Waals surface area contributed by atoms with Crippen LogP contribution in [0, 0.1) is 23.7 Å². The Morgan fingerprint density at radius 2 is 1.89 bits per heavy atom. The number of hydrogen-bond acceptors (Lipinski definition) is 5. The lowest BCUT2D eigenvalue weighted by Crippen LogP contribution is -2.15. The summed E-state index contributed by atoms with van der Waals surface area (Å²) >= 11 is 0. The quantitative estimate of drug-likeness (QED) is 0.182. The van der Waals surface area contributed by atoms with Crippen LogP contribution in [-0.4, -0.2) is 23.5 Å². The van der Waals surface area contributed by atoms with Crippen molar-refractivity contribution in [2.45, 2.75) is 38.5 Å². The van der Waals surface area contributed by atoms with Gasteiger partial charge in [0, 0.05) is 24.9 Å². The first kappa shape index (κ1) is 21.6. The summed E-state index contributed by atoms with van der Waals surface area (Å²) in [5.41, 5.74) is 5.17. The van der Waals surface area contributed by atoms with E-state index in [-0.39, 0.29) is 30.1 Å². The number of carbonyl (C=O) groups excluding carboxylic acids is 2. The van der Waals surface area contributed by atoms with Crippen molar-refractivity contribution >= 4 is 17.5 Å². The molecule has 1 aromatic carbocycles. The van der Waals surface area contributed by atoms with E-state index < -0.39 is 5.91 Å². The summed E-state index contributed by atoms with van der Waals surface area (Å²) in [7, 11) is 0. The Labute approximate surface area is 158 Å². The molecule has 0 aromatic heterocycles. The number of aliphatic hydroxyl groups is 1. The molecule has 4 N–H and O–H groups in total. The Hall–Kier alpha value is -3.45. The van der Waals surface area contributed by atoms with Crippen LogP contribution >= 0.6 is 0 Å². The summed E-state index contributed by atoms with van der Waals surface area (Å²) in [5, 5.41) is 21.4. The maximum Gasteiger partial charge on any atom is 0.269 e. The number of nitrogens with one attached hydrogen (secondary N) is 1. The summed E-state index contributed by atoms with van der Waals surface area (Å²) in [6, 6.07) is 8.33. The van der Waals surface area contributed by atoms with Gasteiger partial charge in [0.25, 0.3) is 5.91 Å². The van der Waals surface area contributed by atoms with Gasteiger partial charge in [-0.1, -0.05) is 0 Å². The highest BCUT2D eigenvalue weighted by atomic mass is 16.5. The van der Waals surface area contributed by atoms with Crippen LogP contribution in [0.3, 0.4) is 0 Å². The largest absolute Gasteiger partial charge is 0.511 e. The second kappa shape index (κ2) is 12.0. The van der Waals surface area contributed by atoms with Crippen molar-refractivity contribution in [2.24, 2.45) is 5.73 Å². The summed E-state index contributed by atoms with van der Waals surface area (Å²) in [4.78, 5) is 22.7. The molecule has 7 heteroatoms. The van der Waals surface area contributed by atoms with E-state index in [2.05, 4.69) is 11.2 Å². The van der Waals surface area contributed by atoms with Gasteiger partial charge in [0.2, 0.25) is 5.91 Å². The van der Waals surface area contributed by atoms with Gasteiger partial charge >= 0.3 is 0 Å². The molecular weight excluding hydrogens is 346 g/mol. The van der Waals surface area contributed by atoms with E-state index in [9.17, 15) is 14.7 Å². The number of benzene rings is 1. The number of terminal acetylenes is 1. The molecule has 0 fully saturated rings. The topological polar surface area (TPSA) is 125 Å². The lowest BCUT2D eigenvalue weighted by molar-refractivity contribution is -0.118. The van der Waals surface area contributed by atoms with Crippen molar-refractivity contribution in [3.63, 3.8) is 0 Å². The van der Waals surface area contributed by atoms with Gasteiger partial charge in [-0.25, -0.2) is 0 Å². The van der Waals surface area contributed by atoms with Crippen molar-refractivity contribution in [2.75, 3.05) is 11.9 Å². The van der Waals surface area contributed by atoms with Gasteiger partial charge in [0.05, 0.1) is 6.61 Å². The Kier molecular flexibility index (Phi) is 9.59. The number of unbranched alkanes of at least 4 members (excludes halogenated alkanes) is 2. The number of rotatable bonds is 11. The van der Waals surface area contributed by atoms with Crippen molar-refractivity contribution in [3.05, 3.63) is 35.6 Å². The standard InChI is InChI=1S/C20H23N3O4/c1-2-3-7-18(24)17(14-21)20(26)23-15-9-11-16(12-10-15)27-13-6-4-5-8-19(22)25/h1,9-12,24H,3-8,13H2,(H2,22,25)(H,23,26)/b18-17-. The Morgan fingerprint density at radius 1 is 1.19 bits per heavy atom. The van der Waals surface area contributed by atoms with Gasteiger partial charge in [0.15, 0.2) is 5.57 Å².